The Morgan fingerprint density at radius 1 is 1.60 bits per heavy atom. The Kier molecular flexibility index (Phi) is 3.01. The van der Waals surface area contributed by atoms with Crippen molar-refractivity contribution in [3.63, 3.8) is 0 Å². The molecule has 0 radical (unpaired) electrons. The number of aryl methyl sites for hydroxylation is 1. The molecule has 1 aliphatic heterocycles. The third-order valence-corrected chi connectivity index (χ3v) is 2.66. The normalized spacial score (nSPS) is 20.9. The summed E-state index contributed by atoms with van der Waals surface area (Å²) in [5, 5.41) is 9.29. The molecule has 1 saturated heterocycles. The van der Waals surface area contributed by atoms with Crippen LogP contribution in [0, 0.1) is 0 Å². The average molecular weight is 209 g/mol. The van der Waals surface area contributed by atoms with Gasteiger partial charge in [0.2, 0.25) is 5.91 Å². The SMILES string of the molecule is O=C(CCn1ccnc1)N1CC[C@@H](O)C1. The maximum Gasteiger partial charge on any atom is 0.224 e. The van der Waals surface area contributed by atoms with Gasteiger partial charge in [-0.1, -0.05) is 0 Å². The van der Waals surface area contributed by atoms with Crippen molar-refractivity contribution < 1.29 is 9.90 Å². The van der Waals surface area contributed by atoms with Gasteiger partial charge in [0, 0.05) is 38.4 Å². The number of amides is 1. The van der Waals surface area contributed by atoms with Gasteiger partial charge in [-0.25, -0.2) is 4.98 Å². The first-order valence-corrected chi connectivity index (χ1v) is 5.17. The smallest absolute Gasteiger partial charge is 0.224 e. The van der Waals surface area contributed by atoms with Crippen LogP contribution >= 0.6 is 0 Å². The number of hydrogen-bond acceptors (Lipinski definition) is 3. The molecule has 0 aromatic carbocycles. The number of likely N-dealkylation sites (tertiary alicyclic amines) is 1. The van der Waals surface area contributed by atoms with Gasteiger partial charge in [0.1, 0.15) is 0 Å². The van der Waals surface area contributed by atoms with Crippen LogP contribution in [0.3, 0.4) is 0 Å². The number of aliphatic hydroxyl groups is 1. The van der Waals surface area contributed by atoms with Crippen LogP contribution in [0.5, 0.6) is 0 Å². The lowest BCUT2D eigenvalue weighted by molar-refractivity contribution is -0.130. The van der Waals surface area contributed by atoms with E-state index in [0.717, 1.165) is 0 Å². The van der Waals surface area contributed by atoms with Crippen LogP contribution in [0.2, 0.25) is 0 Å². The van der Waals surface area contributed by atoms with E-state index >= 15 is 0 Å². The molecule has 15 heavy (non-hydrogen) atoms. The maximum atomic E-state index is 11.7. The second kappa shape index (κ2) is 4.44. The lowest BCUT2D eigenvalue weighted by Crippen LogP contribution is -2.30. The first-order valence-electron chi connectivity index (χ1n) is 5.17. The quantitative estimate of drug-likeness (QED) is 0.754. The number of β-amino-alcohol motifs (C(OH)–C–C–N with tert-alkyl or cyclic N) is 1. The Bertz CT molecular complexity index is 323. The average Bonchev–Trinajstić information content (AvgIpc) is 2.84. The zero-order chi connectivity index (χ0) is 10.7. The Hall–Kier alpha value is -1.36. The van der Waals surface area contributed by atoms with Gasteiger partial charge in [0.05, 0.1) is 12.4 Å². The van der Waals surface area contributed by atoms with Crippen molar-refractivity contribution in [1.29, 1.82) is 0 Å². The fourth-order valence-electron chi connectivity index (χ4n) is 1.77. The molecule has 1 N–H and O–H groups in total. The highest BCUT2D eigenvalue weighted by Crippen LogP contribution is 2.10. The van der Waals surface area contributed by atoms with E-state index in [-0.39, 0.29) is 12.0 Å². The predicted octanol–water partition coefficient (Wildman–Crippen LogP) is -0.134. The monoisotopic (exact) mass is 209 g/mol. The number of carbonyl (C=O) groups excluding carboxylic acids is 1. The van der Waals surface area contributed by atoms with Crippen molar-refractivity contribution in [3.05, 3.63) is 18.7 Å². The summed E-state index contributed by atoms with van der Waals surface area (Å²) in [7, 11) is 0. The van der Waals surface area contributed by atoms with Gasteiger partial charge in [-0.3, -0.25) is 4.79 Å². The standard InChI is InChI=1S/C10H15N3O2/c14-9-1-5-13(7-9)10(15)2-4-12-6-3-11-8-12/h3,6,8-9,14H,1-2,4-5,7H2/t9-/m1/s1. The molecule has 5 nitrogen and oxygen atoms in total. The molecule has 82 valence electrons. The number of aliphatic hydroxyl groups excluding tert-OH is 1. The van der Waals surface area contributed by atoms with Crippen molar-refractivity contribution >= 4 is 5.91 Å². The van der Waals surface area contributed by atoms with Gasteiger partial charge in [-0.05, 0) is 6.42 Å². The van der Waals surface area contributed by atoms with E-state index in [4.69, 9.17) is 0 Å². The third-order valence-electron chi connectivity index (χ3n) is 2.66. The van der Waals surface area contributed by atoms with Crippen molar-refractivity contribution in [2.45, 2.75) is 25.5 Å². The van der Waals surface area contributed by atoms with E-state index in [2.05, 4.69) is 4.98 Å². The van der Waals surface area contributed by atoms with Crippen LogP contribution in [-0.2, 0) is 11.3 Å². The van der Waals surface area contributed by atoms with Gasteiger partial charge in [0.25, 0.3) is 0 Å². The fraction of sp³-hybridized carbons (Fsp3) is 0.600. The van der Waals surface area contributed by atoms with Gasteiger partial charge in [-0.2, -0.15) is 0 Å². The Morgan fingerprint density at radius 2 is 2.47 bits per heavy atom. The molecule has 1 aromatic heterocycles. The van der Waals surface area contributed by atoms with Crippen molar-refractivity contribution in [3.8, 4) is 0 Å². The summed E-state index contributed by atoms with van der Waals surface area (Å²) in [6.45, 7) is 1.83. The Labute approximate surface area is 88.3 Å². The van der Waals surface area contributed by atoms with Crippen LogP contribution in [-0.4, -0.2) is 44.7 Å². The van der Waals surface area contributed by atoms with Crippen molar-refractivity contribution in [2.75, 3.05) is 13.1 Å². The first kappa shape index (κ1) is 10.2. The first-order chi connectivity index (χ1) is 7.25. The lowest BCUT2D eigenvalue weighted by atomic mass is 10.3. The molecule has 1 amide bonds. The van der Waals surface area contributed by atoms with Crippen molar-refractivity contribution in [2.24, 2.45) is 0 Å². The minimum absolute atomic E-state index is 0.111. The second-order valence-corrected chi connectivity index (χ2v) is 3.83. The summed E-state index contributed by atoms with van der Waals surface area (Å²) in [6.07, 6.45) is 6.09. The summed E-state index contributed by atoms with van der Waals surface area (Å²) in [4.78, 5) is 17.3. The summed E-state index contributed by atoms with van der Waals surface area (Å²) in [6, 6.07) is 0. The van der Waals surface area contributed by atoms with Crippen LogP contribution in [0.4, 0.5) is 0 Å². The zero-order valence-electron chi connectivity index (χ0n) is 8.54. The van der Waals surface area contributed by atoms with Gasteiger partial charge in [0.15, 0.2) is 0 Å². The molecule has 1 aliphatic rings. The van der Waals surface area contributed by atoms with E-state index in [1.54, 1.807) is 17.4 Å². The highest BCUT2D eigenvalue weighted by atomic mass is 16.3. The summed E-state index contributed by atoms with van der Waals surface area (Å²) < 4.78 is 1.88. The molecule has 1 aromatic rings. The van der Waals surface area contributed by atoms with Crippen LogP contribution in [0.1, 0.15) is 12.8 Å². The van der Waals surface area contributed by atoms with Crippen molar-refractivity contribution in [1.82, 2.24) is 14.5 Å². The van der Waals surface area contributed by atoms with Gasteiger partial charge in [-0.15, -0.1) is 0 Å². The molecule has 5 heteroatoms. The number of carbonyl (C=O) groups is 1. The van der Waals surface area contributed by atoms with E-state index in [0.29, 0.717) is 32.5 Å². The largest absolute Gasteiger partial charge is 0.391 e. The summed E-state index contributed by atoms with van der Waals surface area (Å²) >= 11 is 0. The van der Waals surface area contributed by atoms with E-state index in [1.165, 1.54) is 0 Å². The third kappa shape index (κ3) is 2.56. The zero-order valence-corrected chi connectivity index (χ0v) is 8.54. The number of nitrogens with zero attached hydrogens (tertiary/aromatic N) is 3. The molecule has 0 saturated carbocycles. The second-order valence-electron chi connectivity index (χ2n) is 3.83. The molecule has 2 rings (SSSR count). The summed E-state index contributed by atoms with van der Waals surface area (Å²) in [5.41, 5.74) is 0. The van der Waals surface area contributed by atoms with Gasteiger partial charge >= 0.3 is 0 Å². The predicted molar refractivity (Wildman–Crippen MR) is 54.0 cm³/mol. The number of imidazole rings is 1. The van der Waals surface area contributed by atoms with Crippen LogP contribution in [0.25, 0.3) is 0 Å². The number of rotatable bonds is 3. The maximum absolute atomic E-state index is 11.7. The van der Waals surface area contributed by atoms with Crippen LogP contribution in [0.15, 0.2) is 18.7 Å². The van der Waals surface area contributed by atoms with E-state index in [9.17, 15) is 9.90 Å². The molecule has 0 unspecified atom stereocenters. The molecular weight excluding hydrogens is 194 g/mol. The molecule has 1 atom stereocenters. The fourth-order valence-corrected chi connectivity index (χ4v) is 1.77. The number of hydrogen-bond donors (Lipinski definition) is 1. The molecule has 1 fully saturated rings. The molecule has 0 aliphatic carbocycles. The molecule has 2 heterocycles. The number of aromatic nitrogens is 2. The molecule has 0 spiro atoms. The minimum Gasteiger partial charge on any atom is -0.391 e. The summed E-state index contributed by atoms with van der Waals surface area (Å²) in [5.74, 6) is 0.111. The van der Waals surface area contributed by atoms with Gasteiger partial charge < -0.3 is 14.6 Å². The van der Waals surface area contributed by atoms with E-state index in [1.807, 2.05) is 10.8 Å². The Balaban J connectivity index is 1.78. The topological polar surface area (TPSA) is 58.4 Å². The highest BCUT2D eigenvalue weighted by molar-refractivity contribution is 5.76. The Morgan fingerprint density at radius 3 is 3.07 bits per heavy atom. The van der Waals surface area contributed by atoms with E-state index < -0.39 is 0 Å². The molecular formula is C10H15N3O2. The van der Waals surface area contributed by atoms with Crippen LogP contribution < -0.4 is 0 Å². The minimum atomic E-state index is -0.331. The molecule has 0 bridgehead atoms. The lowest BCUT2D eigenvalue weighted by Gasteiger charge is -2.15. The highest BCUT2D eigenvalue weighted by Gasteiger charge is 2.23.